The Hall–Kier alpha value is -13.6. The molecule has 0 spiro atoms. The fourth-order valence-electron chi connectivity index (χ4n) is 16.7. The van der Waals surface area contributed by atoms with E-state index in [0.29, 0.717) is 88.9 Å². The molecule has 12 aliphatic rings. The van der Waals surface area contributed by atoms with Crippen molar-refractivity contribution in [2.75, 3.05) is 159 Å². The van der Waals surface area contributed by atoms with Gasteiger partial charge in [-0.15, -0.1) is 0 Å². The molecule has 6 N–H and O–H groups in total. The van der Waals surface area contributed by atoms with Crippen molar-refractivity contribution in [1.82, 2.24) is 31.9 Å². The maximum atomic E-state index is 14.1. The van der Waals surface area contributed by atoms with Gasteiger partial charge in [0.1, 0.15) is 85.8 Å². The maximum Gasteiger partial charge on any atom is 0.231 e. The van der Waals surface area contributed by atoms with Crippen molar-refractivity contribution in [3.8, 4) is 103 Å². The van der Waals surface area contributed by atoms with Crippen LogP contribution in [0.5, 0.6) is 103 Å². The monoisotopic (exact) mass is 2020 g/mol. The number of halogens is 6. The molecule has 0 radical (unpaired) electrons. The second-order valence-electron chi connectivity index (χ2n) is 33.3. The molecule has 0 amide bonds. The Kier molecular flexibility index (Phi) is 19.9. The van der Waals surface area contributed by atoms with Crippen molar-refractivity contribution in [1.29, 1.82) is 0 Å². The number of hydrogen-bond acceptors (Lipinski definition) is 24. The molecule has 6 saturated heterocycles. The largest absolute Gasteiger partial charge is 0.493 e. The summed E-state index contributed by atoms with van der Waals surface area (Å²) in [6, 6.07) is 10.1. The van der Waals surface area contributed by atoms with Crippen molar-refractivity contribution in [2.24, 2.45) is 35.4 Å². The summed E-state index contributed by atoms with van der Waals surface area (Å²) >= 11 is 0. The maximum absolute atomic E-state index is 14.1. The van der Waals surface area contributed by atoms with Crippen molar-refractivity contribution in [3.63, 3.8) is 0 Å². The van der Waals surface area contributed by atoms with Crippen LogP contribution in [0.2, 0.25) is 0 Å². The summed E-state index contributed by atoms with van der Waals surface area (Å²) in [5.74, 6) is -17.5. The predicted molar refractivity (Wildman–Crippen MR) is 529 cm³/mol. The number of hydrogen-bond donors (Lipinski definition) is 6. The Morgan fingerprint density at radius 3 is 0.861 bits per heavy atom. The molecule has 0 aliphatic carbocycles. The zero-order valence-electron chi connectivity index (χ0n) is 121. The molecule has 12 aromatic carbocycles. The van der Waals surface area contributed by atoms with Gasteiger partial charge < -0.3 is 117 Å². The summed E-state index contributed by atoms with van der Waals surface area (Å²) < 4.78 is 539. The lowest BCUT2D eigenvalue weighted by Crippen LogP contribution is -2.38. The first-order valence-electron chi connectivity index (χ1n) is 68.1. The van der Waals surface area contributed by atoms with Gasteiger partial charge in [0, 0.05) is 118 Å². The van der Waals surface area contributed by atoms with Crippen LogP contribution in [0.3, 0.4) is 0 Å². The third kappa shape index (κ3) is 26.5. The minimum Gasteiger partial charge on any atom is -0.493 e. The molecule has 756 valence electrons. The Labute approximate surface area is 897 Å². The molecule has 12 aromatic rings. The predicted octanol–water partition coefficient (Wildman–Crippen LogP) is 20.0. The summed E-state index contributed by atoms with van der Waals surface area (Å²) in [4.78, 5) is 0. The molecule has 0 saturated carbocycles. The SMILES string of the molecule is [2H]c1c([2H])c([C@@H]2CCNCC2([2H])C([2H])([2H])Oc2ccc3c(c2)OC([2H])([2H])O3)c([2H])c([2H])c1F.[2H]c1c([2H])c([C@@H]2CCNCC2([2H])COc2ccc3c(c2)OC([2H])([2H])O3)c([2H])c([2H])c1F.[2H]c1c([2H])c([C@@H]2CCNCC2C([2H])([2H])Oc2ccc3c(c2)OC([2H])([2H])O3)c([2H])c([2H])c1F.[2H]c1c([2H])c([C@@H]2CCNCC2COc2ccc3c(c2)OC([2H])([2H])O3)c([2H])c([2H])c1F.[2H]c1c([2H])c([C@]2([2H])CCNCC2([2H])COc2ccc3c(c2)OC([2H])([2H])O3)c([2H])c([2H])c1F.[2H]c1c([2H])c([C@]2([2H])CCNCC2COc2ccc3c(c2)OC([2H])([2H])O3)c([2H])c([2H])c1F. The first-order chi connectivity index (χ1) is 88.3. The second kappa shape index (κ2) is 49.1. The molecule has 30 heteroatoms. The molecule has 0 aromatic heterocycles. The van der Waals surface area contributed by atoms with Crippen molar-refractivity contribution in [2.45, 2.75) is 74.0 Å². The van der Waals surface area contributed by atoms with Crippen LogP contribution >= 0.6 is 0 Å². The van der Waals surface area contributed by atoms with E-state index in [4.69, 9.17) is 147 Å². The van der Waals surface area contributed by atoms with E-state index >= 15 is 0 Å². The Bertz CT molecular complexity index is 8730. The molecule has 24 rings (SSSR count). The summed E-state index contributed by atoms with van der Waals surface area (Å²) in [6.07, 6.45) is 1.51. The van der Waals surface area contributed by atoms with Crippen LogP contribution in [-0.4, -0.2) is 159 Å². The summed E-state index contributed by atoms with van der Waals surface area (Å²) in [5.41, 5.74) is -0.546. The molecule has 144 heavy (non-hydrogen) atoms. The highest BCUT2D eigenvalue weighted by Gasteiger charge is 2.35. The molecule has 12 heterocycles. The van der Waals surface area contributed by atoms with Crippen molar-refractivity contribution >= 4 is 0 Å². The van der Waals surface area contributed by atoms with E-state index in [1.54, 1.807) is 24.3 Å². The lowest BCUT2D eigenvalue weighted by Gasteiger charge is -2.32. The number of piperidine rings is 6. The van der Waals surface area contributed by atoms with E-state index < -0.39 is 280 Å². The lowest BCUT2D eigenvalue weighted by atomic mass is 9.81. The average molecular weight is 2020 g/mol. The minimum absolute atomic E-state index is 0.0000399. The molecule has 12 aliphatic heterocycles. The first-order valence-corrected chi connectivity index (χ1v) is 45.6. The van der Waals surface area contributed by atoms with Gasteiger partial charge in [-0.3, -0.25) is 0 Å². The fourth-order valence-corrected chi connectivity index (χ4v) is 16.7. The van der Waals surface area contributed by atoms with Gasteiger partial charge in [-0.1, -0.05) is 72.5 Å². The zero-order chi connectivity index (χ0) is 138. The highest BCUT2D eigenvalue weighted by molar-refractivity contribution is 5.52. The van der Waals surface area contributed by atoms with E-state index in [9.17, 15) is 26.3 Å². The smallest absolute Gasteiger partial charge is 0.231 e. The summed E-state index contributed by atoms with van der Waals surface area (Å²) in [7, 11) is 0. The van der Waals surface area contributed by atoms with E-state index in [1.165, 1.54) is 84.9 Å². The second-order valence-corrected chi connectivity index (χ2v) is 33.3. The number of nitrogens with one attached hydrogen (secondary N) is 6. The lowest BCUT2D eigenvalue weighted by molar-refractivity contribution is 0.173. The standard InChI is InChI=1S/6C19H20FNO3/c6*20-15-3-1-13(2-4-15)17-7-8-21-10-14(17)11-22-16-5-6-18-19(9-16)24-12-23-18/h6*1-6,9,14,17,21H,7-8,10-12H2/t6*14?,17-/m000000/s1/i1D,2D,3D,4D,12D2,14D,17D;1D,2D,3D,4D,11D2,12D2,14D;1D,2D,3D,4D,12D2,17D;1D,2D,3D,4D,12D2,14D;1D,2D,3D,4D,11D2,12D2;1D,2D,3D,4D,12D2. The van der Waals surface area contributed by atoms with Crippen LogP contribution in [0.1, 0.15) is 169 Å². The normalized spacial score (nSPS) is 31.7. The molecule has 24 nitrogen and oxygen atoms in total. The molecule has 6 fully saturated rings. The van der Waals surface area contributed by atoms with Crippen LogP contribution in [-0.2, 0) is 0 Å². The van der Waals surface area contributed by atoms with Gasteiger partial charge in [0.15, 0.2) is 69.0 Å². The molecule has 0 bridgehead atoms. The number of rotatable bonds is 24. The Morgan fingerprint density at radius 2 is 0.486 bits per heavy atom. The van der Waals surface area contributed by atoms with Crippen LogP contribution in [0.25, 0.3) is 0 Å². The van der Waals surface area contributed by atoms with E-state index in [2.05, 4.69) is 31.9 Å². The van der Waals surface area contributed by atoms with Crippen LogP contribution in [0, 0.1) is 70.3 Å². The average Bonchev–Trinajstić information content (AvgIpc) is 1.26. The number of benzene rings is 12. The van der Waals surface area contributed by atoms with E-state index in [1.807, 2.05) is 0 Å². The van der Waals surface area contributed by atoms with Gasteiger partial charge in [0.2, 0.25) is 40.5 Å². The van der Waals surface area contributed by atoms with Gasteiger partial charge in [0.05, 0.1) is 77.9 Å². The quantitative estimate of drug-likeness (QED) is 0.0308. The summed E-state index contributed by atoms with van der Waals surface area (Å²) in [6.45, 7) is -15.6. The zero-order valence-corrected chi connectivity index (χ0v) is 76.1. The summed E-state index contributed by atoms with van der Waals surface area (Å²) in [5, 5.41) is 18.4. The Balaban J connectivity index is 0.000000136. The fraction of sp³-hybridized carbons (Fsp3) is 0.368. The van der Waals surface area contributed by atoms with Gasteiger partial charge in [-0.2, -0.15) is 0 Å². The Morgan fingerprint density at radius 1 is 0.243 bits per heavy atom. The highest BCUT2D eigenvalue weighted by atomic mass is 19.1. The van der Waals surface area contributed by atoms with Gasteiger partial charge in [0.25, 0.3) is 0 Å². The van der Waals surface area contributed by atoms with Crippen molar-refractivity contribution < 1.29 is 173 Å². The van der Waals surface area contributed by atoms with Crippen molar-refractivity contribution in [3.05, 3.63) is 322 Å². The van der Waals surface area contributed by atoms with E-state index in [-0.39, 0.29) is 215 Å². The first kappa shape index (κ1) is 58.4. The highest BCUT2D eigenvalue weighted by Crippen LogP contribution is 2.45. The van der Waals surface area contributed by atoms with Gasteiger partial charge >= 0.3 is 0 Å². The van der Waals surface area contributed by atoms with Gasteiger partial charge in [-0.25, -0.2) is 26.3 Å². The molecular weight excluding hydrogens is 1860 g/mol. The third-order valence-electron chi connectivity index (χ3n) is 24.1. The molecular formula is C114H120F6N6O18. The van der Waals surface area contributed by atoms with E-state index in [0.717, 1.165) is 0 Å². The topological polar surface area (TPSA) is 238 Å². The number of fused-ring (bicyclic) bond motifs is 6. The molecule has 6 unspecified atom stereocenters. The van der Waals surface area contributed by atoms with Crippen LogP contribution in [0.4, 0.5) is 26.3 Å². The number of ether oxygens (including phenoxy) is 18. The van der Waals surface area contributed by atoms with Crippen LogP contribution in [0.15, 0.2) is 254 Å². The minimum atomic E-state index is -2.73. The third-order valence-corrected chi connectivity index (χ3v) is 24.1. The van der Waals surface area contributed by atoms with Gasteiger partial charge in [-0.05, 0) is 292 Å². The van der Waals surface area contributed by atoms with Crippen LogP contribution < -0.4 is 117 Å². The molecule has 12 atom stereocenters.